The Kier molecular flexibility index (Phi) is 6.34. The van der Waals surface area contributed by atoms with Crippen molar-refractivity contribution in [1.29, 1.82) is 0 Å². The van der Waals surface area contributed by atoms with Crippen LogP contribution in [0.3, 0.4) is 0 Å². The summed E-state index contributed by atoms with van der Waals surface area (Å²) >= 11 is 0. The molecule has 2 aromatic rings. The summed E-state index contributed by atoms with van der Waals surface area (Å²) in [6, 6.07) is 6.30. The Bertz CT molecular complexity index is 882. The van der Waals surface area contributed by atoms with Gasteiger partial charge in [-0.2, -0.15) is 0 Å². The molecule has 2 fully saturated rings. The molecule has 2 aliphatic rings. The summed E-state index contributed by atoms with van der Waals surface area (Å²) in [6.07, 6.45) is 1.72. The number of aromatic nitrogens is 2. The normalized spacial score (nSPS) is 20.7. The van der Waals surface area contributed by atoms with E-state index in [0.717, 1.165) is 43.6 Å². The number of carbonyl (C=O) groups excluding carboxylic acids is 1. The van der Waals surface area contributed by atoms with Gasteiger partial charge in [0.1, 0.15) is 6.33 Å². The molecular formula is C22H31N5O3. The van der Waals surface area contributed by atoms with Gasteiger partial charge in [-0.3, -0.25) is 9.69 Å². The Morgan fingerprint density at radius 1 is 1.20 bits per heavy atom. The zero-order valence-corrected chi connectivity index (χ0v) is 18.1. The molecule has 0 saturated carbocycles. The molecule has 3 heterocycles. The van der Waals surface area contributed by atoms with Crippen molar-refractivity contribution in [2.75, 3.05) is 57.3 Å². The second-order valence-electron chi connectivity index (χ2n) is 8.29. The van der Waals surface area contributed by atoms with Crippen molar-refractivity contribution in [1.82, 2.24) is 19.8 Å². The topological polar surface area (TPSA) is 71.0 Å². The molecule has 1 aromatic heterocycles. The van der Waals surface area contributed by atoms with Crippen molar-refractivity contribution in [3.63, 3.8) is 0 Å². The highest BCUT2D eigenvalue weighted by Crippen LogP contribution is 2.28. The summed E-state index contributed by atoms with van der Waals surface area (Å²) in [5.74, 6) is 0.772. The van der Waals surface area contributed by atoms with E-state index in [1.165, 1.54) is 5.69 Å². The van der Waals surface area contributed by atoms with Gasteiger partial charge in [-0.15, -0.1) is 0 Å². The number of hydrogen-bond donors (Lipinski definition) is 0. The molecule has 1 amide bonds. The number of hydrogen-bond acceptors (Lipinski definition) is 7. The van der Waals surface area contributed by atoms with Gasteiger partial charge in [0.05, 0.1) is 29.7 Å². The largest absolute Gasteiger partial charge is 0.474 e. The Balaban J connectivity index is 1.38. The van der Waals surface area contributed by atoms with E-state index in [4.69, 9.17) is 9.47 Å². The quantitative estimate of drug-likeness (QED) is 0.740. The number of piperazine rings is 1. The van der Waals surface area contributed by atoms with Gasteiger partial charge in [0.25, 0.3) is 0 Å². The van der Waals surface area contributed by atoms with E-state index in [9.17, 15) is 4.79 Å². The summed E-state index contributed by atoms with van der Waals surface area (Å²) in [6.45, 7) is 12.4. The van der Waals surface area contributed by atoms with Crippen LogP contribution >= 0.6 is 0 Å². The van der Waals surface area contributed by atoms with Crippen molar-refractivity contribution in [3.8, 4) is 5.88 Å². The van der Waals surface area contributed by atoms with E-state index in [0.29, 0.717) is 25.6 Å². The predicted octanol–water partition coefficient (Wildman–Crippen LogP) is 1.79. The Morgan fingerprint density at radius 2 is 2.00 bits per heavy atom. The van der Waals surface area contributed by atoms with Crippen LogP contribution in [-0.4, -0.2) is 90.3 Å². The number of ether oxygens (including phenoxy) is 2. The number of carbonyl (C=O) groups is 1. The third-order valence-electron chi connectivity index (χ3n) is 5.71. The minimum Gasteiger partial charge on any atom is -0.474 e. The van der Waals surface area contributed by atoms with Crippen LogP contribution in [0.5, 0.6) is 5.88 Å². The number of morpholine rings is 1. The van der Waals surface area contributed by atoms with E-state index >= 15 is 0 Å². The van der Waals surface area contributed by atoms with Gasteiger partial charge in [0.2, 0.25) is 11.8 Å². The summed E-state index contributed by atoms with van der Waals surface area (Å²) in [7, 11) is 0. The van der Waals surface area contributed by atoms with E-state index in [1.807, 2.05) is 24.8 Å². The van der Waals surface area contributed by atoms with Crippen LogP contribution in [0, 0.1) is 0 Å². The first-order chi connectivity index (χ1) is 14.5. The maximum absolute atomic E-state index is 11.6. The van der Waals surface area contributed by atoms with Crippen LogP contribution in [-0.2, 0) is 9.53 Å². The number of rotatable bonds is 5. The van der Waals surface area contributed by atoms with Crippen molar-refractivity contribution in [3.05, 3.63) is 24.5 Å². The minimum atomic E-state index is 0.0660. The molecule has 0 aliphatic carbocycles. The molecule has 0 N–H and O–H groups in total. The molecule has 1 atom stereocenters. The van der Waals surface area contributed by atoms with E-state index < -0.39 is 0 Å². The zero-order chi connectivity index (χ0) is 21.1. The fourth-order valence-corrected chi connectivity index (χ4v) is 4.13. The van der Waals surface area contributed by atoms with Gasteiger partial charge in [-0.25, -0.2) is 9.97 Å². The molecule has 0 spiro atoms. The third kappa shape index (κ3) is 4.82. The first kappa shape index (κ1) is 20.8. The molecule has 2 saturated heterocycles. The molecule has 30 heavy (non-hydrogen) atoms. The highest BCUT2D eigenvalue weighted by Gasteiger charge is 2.26. The molecule has 8 heteroatoms. The maximum Gasteiger partial charge on any atom is 0.224 e. The van der Waals surface area contributed by atoms with Gasteiger partial charge in [-0.05, 0) is 32.0 Å². The molecule has 0 bridgehead atoms. The molecule has 0 radical (unpaired) electrons. The zero-order valence-electron chi connectivity index (χ0n) is 18.1. The molecule has 4 rings (SSSR count). The van der Waals surface area contributed by atoms with Crippen LogP contribution in [0.1, 0.15) is 20.8 Å². The number of fused-ring (bicyclic) bond motifs is 1. The van der Waals surface area contributed by atoms with E-state index in [-0.39, 0.29) is 18.1 Å². The lowest BCUT2D eigenvalue weighted by molar-refractivity contribution is -0.137. The first-order valence-corrected chi connectivity index (χ1v) is 10.8. The molecule has 162 valence electrons. The average Bonchev–Trinajstić information content (AvgIpc) is 2.74. The van der Waals surface area contributed by atoms with Crippen LogP contribution in [0.15, 0.2) is 24.5 Å². The van der Waals surface area contributed by atoms with E-state index in [1.54, 1.807) is 13.3 Å². The molecule has 2 aliphatic heterocycles. The Hall–Kier alpha value is -2.45. The van der Waals surface area contributed by atoms with Gasteiger partial charge in [0, 0.05) is 58.4 Å². The standard InChI is InChI=1S/C22H31N5O3/c1-16(2)30-22-20-12-18(4-5-21(20)23-15-24-22)26-8-6-25(7-9-26)13-19-14-27(17(3)28)10-11-29-19/h4-5,12,15-16,19H,6-11,13-14H2,1-3H3. The summed E-state index contributed by atoms with van der Waals surface area (Å²) in [4.78, 5) is 27.1. The van der Waals surface area contributed by atoms with Gasteiger partial charge in [0.15, 0.2) is 0 Å². The molecular weight excluding hydrogens is 382 g/mol. The van der Waals surface area contributed by atoms with Crippen LogP contribution in [0.4, 0.5) is 5.69 Å². The second-order valence-corrected chi connectivity index (χ2v) is 8.29. The number of anilines is 1. The predicted molar refractivity (Wildman–Crippen MR) is 116 cm³/mol. The van der Waals surface area contributed by atoms with Crippen molar-refractivity contribution >= 4 is 22.5 Å². The van der Waals surface area contributed by atoms with Gasteiger partial charge < -0.3 is 19.3 Å². The number of amides is 1. The smallest absolute Gasteiger partial charge is 0.224 e. The first-order valence-electron chi connectivity index (χ1n) is 10.8. The minimum absolute atomic E-state index is 0.0660. The summed E-state index contributed by atoms with van der Waals surface area (Å²) in [5, 5.41) is 0.950. The van der Waals surface area contributed by atoms with Gasteiger partial charge in [-0.1, -0.05) is 0 Å². The third-order valence-corrected chi connectivity index (χ3v) is 5.71. The van der Waals surface area contributed by atoms with Crippen molar-refractivity contribution in [2.24, 2.45) is 0 Å². The lowest BCUT2D eigenvalue weighted by atomic mass is 10.1. The monoisotopic (exact) mass is 413 g/mol. The van der Waals surface area contributed by atoms with Gasteiger partial charge >= 0.3 is 0 Å². The van der Waals surface area contributed by atoms with E-state index in [2.05, 4.69) is 31.9 Å². The van der Waals surface area contributed by atoms with Crippen LogP contribution in [0.25, 0.3) is 10.9 Å². The van der Waals surface area contributed by atoms with Crippen LogP contribution in [0.2, 0.25) is 0 Å². The average molecular weight is 414 g/mol. The molecule has 1 unspecified atom stereocenters. The fraction of sp³-hybridized carbons (Fsp3) is 0.591. The highest BCUT2D eigenvalue weighted by molar-refractivity contribution is 5.86. The molecule has 1 aromatic carbocycles. The molecule has 8 nitrogen and oxygen atoms in total. The number of benzene rings is 1. The second kappa shape index (κ2) is 9.14. The summed E-state index contributed by atoms with van der Waals surface area (Å²) < 4.78 is 11.8. The summed E-state index contributed by atoms with van der Waals surface area (Å²) in [5.41, 5.74) is 2.06. The Morgan fingerprint density at radius 3 is 2.73 bits per heavy atom. The van der Waals surface area contributed by atoms with Crippen LogP contribution < -0.4 is 9.64 Å². The number of nitrogens with zero attached hydrogens (tertiary/aromatic N) is 5. The lowest BCUT2D eigenvalue weighted by Crippen LogP contribution is -2.53. The maximum atomic E-state index is 11.6. The lowest BCUT2D eigenvalue weighted by Gasteiger charge is -2.39. The van der Waals surface area contributed by atoms with Crippen molar-refractivity contribution < 1.29 is 14.3 Å². The van der Waals surface area contributed by atoms with Crippen molar-refractivity contribution in [2.45, 2.75) is 33.0 Å². The SMILES string of the molecule is CC(=O)N1CCOC(CN2CCN(c3ccc4ncnc(OC(C)C)c4c3)CC2)C1. The Labute approximate surface area is 177 Å². The highest BCUT2D eigenvalue weighted by atomic mass is 16.5. The fourth-order valence-electron chi connectivity index (χ4n) is 4.13.